The van der Waals surface area contributed by atoms with Crippen molar-refractivity contribution >= 4 is 5.91 Å². The maximum atomic E-state index is 12.5. The molecule has 3 aliphatic carbocycles. The highest BCUT2D eigenvalue weighted by Gasteiger charge is 2.51. The summed E-state index contributed by atoms with van der Waals surface area (Å²) in [6.45, 7) is 0. The fourth-order valence-corrected chi connectivity index (χ4v) is 3.40. The number of amides is 1. The molecule has 0 aliphatic heterocycles. The number of aromatic nitrogens is 2. The van der Waals surface area contributed by atoms with E-state index in [0.717, 1.165) is 50.8 Å². The molecule has 1 aromatic heterocycles. The number of hydrogen-bond acceptors (Lipinski definition) is 4. The topological polar surface area (TPSA) is 68.0 Å². The number of rotatable bonds is 4. The Balaban J connectivity index is 1.55. The molecule has 0 bridgehead atoms. The van der Waals surface area contributed by atoms with Crippen molar-refractivity contribution in [3.63, 3.8) is 0 Å². The van der Waals surface area contributed by atoms with Crippen LogP contribution in [0.3, 0.4) is 0 Å². The molecule has 5 nitrogen and oxygen atoms in total. The molecule has 0 atom stereocenters. The Labute approximate surface area is 118 Å². The van der Waals surface area contributed by atoms with Crippen LogP contribution in [0.5, 0.6) is 0 Å². The molecule has 3 fully saturated rings. The van der Waals surface area contributed by atoms with Crippen LogP contribution in [0.1, 0.15) is 75.4 Å². The van der Waals surface area contributed by atoms with E-state index in [1.807, 2.05) is 0 Å². The minimum absolute atomic E-state index is 0.105. The fraction of sp³-hybridized carbons (Fsp3) is 0.800. The van der Waals surface area contributed by atoms with Gasteiger partial charge < -0.3 is 9.84 Å². The predicted octanol–water partition coefficient (Wildman–Crippen LogP) is 2.43. The zero-order valence-electron chi connectivity index (χ0n) is 11.7. The van der Waals surface area contributed by atoms with Crippen molar-refractivity contribution in [1.82, 2.24) is 15.5 Å². The molecule has 3 saturated carbocycles. The minimum Gasteiger partial charge on any atom is -0.352 e. The van der Waals surface area contributed by atoms with Gasteiger partial charge in [-0.3, -0.25) is 4.79 Å². The van der Waals surface area contributed by atoms with Gasteiger partial charge in [-0.15, -0.1) is 0 Å². The maximum Gasteiger partial charge on any atom is 0.242 e. The van der Waals surface area contributed by atoms with Gasteiger partial charge in [-0.05, 0) is 38.5 Å². The first-order chi connectivity index (χ1) is 9.78. The zero-order valence-corrected chi connectivity index (χ0v) is 11.7. The summed E-state index contributed by atoms with van der Waals surface area (Å²) < 4.78 is 5.49. The Bertz CT molecular complexity index is 511. The van der Waals surface area contributed by atoms with Gasteiger partial charge in [0.1, 0.15) is 5.41 Å². The molecule has 0 saturated heterocycles. The molecule has 5 heteroatoms. The molecule has 1 amide bonds. The van der Waals surface area contributed by atoms with E-state index in [-0.39, 0.29) is 5.91 Å². The van der Waals surface area contributed by atoms with Gasteiger partial charge in [0.25, 0.3) is 0 Å². The highest BCUT2D eigenvalue weighted by Crippen LogP contribution is 2.44. The van der Waals surface area contributed by atoms with Crippen LogP contribution in [-0.2, 0) is 10.2 Å². The van der Waals surface area contributed by atoms with Gasteiger partial charge in [0.15, 0.2) is 5.82 Å². The molecule has 108 valence electrons. The second-order valence-corrected chi connectivity index (χ2v) is 6.62. The van der Waals surface area contributed by atoms with E-state index in [1.54, 1.807) is 0 Å². The normalized spacial score (nSPS) is 25.4. The lowest BCUT2D eigenvalue weighted by Gasteiger charge is -2.36. The quantitative estimate of drug-likeness (QED) is 0.916. The summed E-state index contributed by atoms with van der Waals surface area (Å²) in [7, 11) is 0. The van der Waals surface area contributed by atoms with Crippen molar-refractivity contribution in [2.24, 2.45) is 0 Å². The van der Waals surface area contributed by atoms with Gasteiger partial charge in [-0.25, -0.2) is 0 Å². The lowest BCUT2D eigenvalue weighted by atomic mass is 9.68. The van der Waals surface area contributed by atoms with Gasteiger partial charge in [0.05, 0.1) is 0 Å². The average molecular weight is 275 g/mol. The molecule has 0 radical (unpaired) electrons. The predicted molar refractivity (Wildman–Crippen MR) is 72.2 cm³/mol. The van der Waals surface area contributed by atoms with Crippen LogP contribution in [0, 0.1) is 0 Å². The SMILES string of the molecule is O=C(NC1CC1)C1(c2nc(C3CCCC3)no2)CCC1. The van der Waals surface area contributed by atoms with Crippen LogP contribution in [-0.4, -0.2) is 22.1 Å². The standard InChI is InChI=1S/C15H21N3O2/c19-13(16-11-6-7-11)15(8-3-9-15)14-17-12(18-20-14)10-4-1-2-5-10/h10-11H,1-9H2,(H,16,19). The molecule has 1 N–H and O–H groups in total. The van der Waals surface area contributed by atoms with E-state index in [0.29, 0.717) is 17.9 Å². The number of nitrogens with one attached hydrogen (secondary N) is 1. The molecule has 1 aromatic rings. The third kappa shape index (κ3) is 1.95. The Morgan fingerprint density at radius 2 is 1.90 bits per heavy atom. The van der Waals surface area contributed by atoms with Crippen molar-refractivity contribution in [3.05, 3.63) is 11.7 Å². The smallest absolute Gasteiger partial charge is 0.242 e. The van der Waals surface area contributed by atoms with Crippen LogP contribution in [0.4, 0.5) is 0 Å². The molecule has 0 spiro atoms. The minimum atomic E-state index is -0.521. The summed E-state index contributed by atoms with van der Waals surface area (Å²) in [5.41, 5.74) is -0.521. The van der Waals surface area contributed by atoms with Gasteiger partial charge in [-0.2, -0.15) is 4.98 Å². The fourth-order valence-electron chi connectivity index (χ4n) is 3.40. The van der Waals surface area contributed by atoms with Crippen molar-refractivity contribution in [1.29, 1.82) is 0 Å². The molecule has 1 heterocycles. The van der Waals surface area contributed by atoms with E-state index < -0.39 is 5.41 Å². The summed E-state index contributed by atoms with van der Waals surface area (Å²) in [5, 5.41) is 7.26. The van der Waals surface area contributed by atoms with Gasteiger partial charge in [0.2, 0.25) is 11.8 Å². The second-order valence-electron chi connectivity index (χ2n) is 6.62. The summed E-state index contributed by atoms with van der Waals surface area (Å²) in [4.78, 5) is 17.1. The molecular formula is C15H21N3O2. The van der Waals surface area contributed by atoms with Crippen LogP contribution >= 0.6 is 0 Å². The molecule has 0 aromatic carbocycles. The van der Waals surface area contributed by atoms with E-state index in [4.69, 9.17) is 4.52 Å². The number of carbonyl (C=O) groups excluding carboxylic acids is 1. The van der Waals surface area contributed by atoms with Gasteiger partial charge in [-0.1, -0.05) is 24.4 Å². The Kier molecular flexibility index (Phi) is 2.82. The van der Waals surface area contributed by atoms with E-state index in [9.17, 15) is 4.79 Å². The number of nitrogens with zero attached hydrogens (tertiary/aromatic N) is 2. The lowest BCUT2D eigenvalue weighted by molar-refractivity contribution is -0.131. The molecule has 3 aliphatic rings. The van der Waals surface area contributed by atoms with Gasteiger partial charge >= 0.3 is 0 Å². The zero-order chi connectivity index (χ0) is 13.6. The molecule has 20 heavy (non-hydrogen) atoms. The van der Waals surface area contributed by atoms with E-state index >= 15 is 0 Å². The average Bonchev–Trinajstić information content (AvgIpc) is 2.90. The monoisotopic (exact) mass is 275 g/mol. The van der Waals surface area contributed by atoms with Crippen LogP contribution < -0.4 is 5.32 Å². The third-order valence-electron chi connectivity index (χ3n) is 5.13. The van der Waals surface area contributed by atoms with Gasteiger partial charge in [0, 0.05) is 12.0 Å². The molecule has 4 rings (SSSR count). The first-order valence-corrected chi connectivity index (χ1v) is 7.93. The van der Waals surface area contributed by atoms with Crippen molar-refractivity contribution < 1.29 is 9.32 Å². The van der Waals surface area contributed by atoms with Crippen molar-refractivity contribution in [2.45, 2.75) is 75.2 Å². The van der Waals surface area contributed by atoms with E-state index in [1.165, 1.54) is 12.8 Å². The number of carbonyl (C=O) groups is 1. The Morgan fingerprint density at radius 1 is 1.15 bits per heavy atom. The second kappa shape index (κ2) is 4.57. The van der Waals surface area contributed by atoms with Crippen LogP contribution in [0.2, 0.25) is 0 Å². The largest absolute Gasteiger partial charge is 0.352 e. The van der Waals surface area contributed by atoms with Crippen LogP contribution in [0.25, 0.3) is 0 Å². The first kappa shape index (κ1) is 12.4. The summed E-state index contributed by atoms with van der Waals surface area (Å²) in [6, 6.07) is 0.386. The van der Waals surface area contributed by atoms with E-state index in [2.05, 4.69) is 15.5 Å². The maximum absolute atomic E-state index is 12.5. The molecule has 0 unspecified atom stereocenters. The highest BCUT2D eigenvalue weighted by molar-refractivity contribution is 5.88. The third-order valence-corrected chi connectivity index (χ3v) is 5.13. The summed E-state index contributed by atoms with van der Waals surface area (Å²) in [6.07, 6.45) is 9.79. The Morgan fingerprint density at radius 3 is 2.50 bits per heavy atom. The lowest BCUT2D eigenvalue weighted by Crippen LogP contribution is -2.50. The van der Waals surface area contributed by atoms with Crippen LogP contribution in [0.15, 0.2) is 4.52 Å². The first-order valence-electron chi connectivity index (χ1n) is 7.93. The summed E-state index contributed by atoms with van der Waals surface area (Å²) >= 11 is 0. The number of hydrogen-bond donors (Lipinski definition) is 1. The van der Waals surface area contributed by atoms with Crippen molar-refractivity contribution in [3.8, 4) is 0 Å². The summed E-state index contributed by atoms with van der Waals surface area (Å²) in [5.74, 6) is 1.93. The molecular weight excluding hydrogens is 254 g/mol. The Hall–Kier alpha value is -1.39. The highest BCUT2D eigenvalue weighted by atomic mass is 16.5. The van der Waals surface area contributed by atoms with Crippen molar-refractivity contribution in [2.75, 3.05) is 0 Å².